The maximum absolute atomic E-state index is 13.9. The molecule has 1 fully saturated rings. The first-order chi connectivity index (χ1) is 11.1. The highest BCUT2D eigenvalue weighted by atomic mass is 32.1. The number of hydrogen-bond acceptors (Lipinski definition) is 5. The van der Waals surface area contributed by atoms with Crippen LogP contribution in [0.1, 0.15) is 24.1 Å². The smallest absolute Gasteiger partial charge is 0.114 e. The molecule has 0 saturated carbocycles. The number of likely N-dealkylation sites (N-methyl/N-ethyl adjacent to an activating group) is 1. The first-order valence-corrected chi connectivity index (χ1v) is 8.86. The second-order valence-electron chi connectivity index (χ2n) is 6.24. The Balaban J connectivity index is 1.86. The second kappa shape index (κ2) is 8.98. The summed E-state index contributed by atoms with van der Waals surface area (Å²) in [5.74, 6) is -0.132. The van der Waals surface area contributed by atoms with Gasteiger partial charge in [-0.15, -0.1) is 11.3 Å². The standard InChI is InChI=1S/C17H23FN4S/c1-21(10-14(9-20)4-2-6-19)12-16-8-15(18)11-22(16)13-17-5-3-7-23-17/h3,5,7,14-16H,2,4,8,10-13H2,1H3/t14-,15+,16+/m1/s1. The predicted molar refractivity (Wildman–Crippen MR) is 89.5 cm³/mol. The molecule has 6 heteroatoms. The Labute approximate surface area is 141 Å². The van der Waals surface area contributed by atoms with Gasteiger partial charge in [0.05, 0.1) is 18.1 Å². The molecular formula is C17H23FN4S. The summed E-state index contributed by atoms with van der Waals surface area (Å²) in [6.45, 7) is 2.69. The molecule has 3 atom stereocenters. The minimum atomic E-state index is -0.765. The Bertz CT molecular complexity index is 548. The van der Waals surface area contributed by atoms with E-state index in [-0.39, 0.29) is 12.0 Å². The van der Waals surface area contributed by atoms with Gasteiger partial charge in [-0.05, 0) is 31.3 Å². The molecule has 0 bridgehead atoms. The van der Waals surface area contributed by atoms with E-state index >= 15 is 0 Å². The van der Waals surface area contributed by atoms with Gasteiger partial charge >= 0.3 is 0 Å². The third-order valence-electron chi connectivity index (χ3n) is 4.26. The van der Waals surface area contributed by atoms with Gasteiger partial charge in [0.15, 0.2) is 0 Å². The van der Waals surface area contributed by atoms with E-state index in [0.29, 0.717) is 32.4 Å². The van der Waals surface area contributed by atoms with Crippen LogP contribution in [0.15, 0.2) is 17.5 Å². The number of likely N-dealkylation sites (tertiary alicyclic amines) is 1. The van der Waals surface area contributed by atoms with Crippen molar-refractivity contribution in [3.63, 3.8) is 0 Å². The molecule has 4 nitrogen and oxygen atoms in total. The average Bonchev–Trinajstić information content (AvgIpc) is 3.14. The normalized spacial score (nSPS) is 22.8. The van der Waals surface area contributed by atoms with E-state index in [1.165, 1.54) is 4.88 Å². The number of nitriles is 2. The lowest BCUT2D eigenvalue weighted by Gasteiger charge is -2.28. The Morgan fingerprint density at radius 2 is 2.35 bits per heavy atom. The molecule has 23 heavy (non-hydrogen) atoms. The maximum atomic E-state index is 13.9. The van der Waals surface area contributed by atoms with Gasteiger partial charge in [0.25, 0.3) is 0 Å². The summed E-state index contributed by atoms with van der Waals surface area (Å²) in [6, 6.07) is 8.66. The predicted octanol–water partition coefficient (Wildman–Crippen LogP) is 3.04. The lowest BCUT2D eigenvalue weighted by Crippen LogP contribution is -2.39. The van der Waals surface area contributed by atoms with Crippen molar-refractivity contribution >= 4 is 11.3 Å². The first-order valence-electron chi connectivity index (χ1n) is 7.98. The number of nitrogens with zero attached hydrogens (tertiary/aromatic N) is 4. The zero-order valence-corrected chi connectivity index (χ0v) is 14.3. The van der Waals surface area contributed by atoms with E-state index in [4.69, 9.17) is 5.26 Å². The van der Waals surface area contributed by atoms with Crippen molar-refractivity contribution in [3.05, 3.63) is 22.4 Å². The summed E-state index contributed by atoms with van der Waals surface area (Å²) in [5, 5.41) is 19.9. The molecule has 1 saturated heterocycles. The van der Waals surface area contributed by atoms with E-state index in [1.54, 1.807) is 11.3 Å². The van der Waals surface area contributed by atoms with Crippen LogP contribution in [0, 0.1) is 28.6 Å². The summed E-state index contributed by atoms with van der Waals surface area (Å²) in [5.41, 5.74) is 0. The van der Waals surface area contributed by atoms with Crippen LogP contribution in [-0.2, 0) is 6.54 Å². The topological polar surface area (TPSA) is 54.1 Å². The number of halogens is 1. The molecule has 1 aromatic rings. The molecule has 2 heterocycles. The van der Waals surface area contributed by atoms with Gasteiger partial charge in [0, 0.05) is 43.5 Å². The molecule has 0 radical (unpaired) electrons. The molecule has 2 rings (SSSR count). The Kier molecular flexibility index (Phi) is 6.98. The first kappa shape index (κ1) is 17.9. The molecule has 0 aliphatic carbocycles. The van der Waals surface area contributed by atoms with Gasteiger partial charge in [0.1, 0.15) is 6.17 Å². The zero-order valence-electron chi connectivity index (χ0n) is 13.5. The highest BCUT2D eigenvalue weighted by molar-refractivity contribution is 7.09. The quantitative estimate of drug-likeness (QED) is 0.733. The van der Waals surface area contributed by atoms with Crippen molar-refractivity contribution < 1.29 is 4.39 Å². The summed E-state index contributed by atoms with van der Waals surface area (Å²) in [6.07, 6.45) is 0.809. The fourth-order valence-electron chi connectivity index (χ4n) is 3.15. The summed E-state index contributed by atoms with van der Waals surface area (Å²) >= 11 is 1.70. The van der Waals surface area contributed by atoms with Crippen molar-refractivity contribution in [3.8, 4) is 12.1 Å². The van der Waals surface area contributed by atoms with Crippen molar-refractivity contribution in [2.24, 2.45) is 5.92 Å². The van der Waals surface area contributed by atoms with Crippen molar-refractivity contribution in [1.29, 1.82) is 10.5 Å². The lowest BCUT2D eigenvalue weighted by atomic mass is 10.0. The minimum Gasteiger partial charge on any atom is -0.304 e. The number of hydrogen-bond donors (Lipinski definition) is 0. The summed E-state index contributed by atoms with van der Waals surface area (Å²) < 4.78 is 13.9. The van der Waals surface area contributed by atoms with Crippen LogP contribution in [0.5, 0.6) is 0 Å². The van der Waals surface area contributed by atoms with Gasteiger partial charge in [-0.3, -0.25) is 4.90 Å². The van der Waals surface area contributed by atoms with Gasteiger partial charge in [-0.1, -0.05) is 6.07 Å². The Morgan fingerprint density at radius 1 is 1.52 bits per heavy atom. The van der Waals surface area contributed by atoms with Crippen LogP contribution in [0.4, 0.5) is 4.39 Å². The SMILES string of the molecule is CN(C[C@@H](C#N)CCC#N)C[C@@H]1C[C@H](F)CN1Cc1cccs1. The maximum Gasteiger partial charge on any atom is 0.114 e. The molecule has 0 N–H and O–H groups in total. The fourth-order valence-corrected chi connectivity index (χ4v) is 3.88. The second-order valence-corrected chi connectivity index (χ2v) is 7.27. The van der Waals surface area contributed by atoms with Crippen LogP contribution in [0.25, 0.3) is 0 Å². The number of rotatable bonds is 8. The monoisotopic (exact) mass is 334 g/mol. The van der Waals surface area contributed by atoms with Crippen LogP contribution in [0.2, 0.25) is 0 Å². The summed E-state index contributed by atoms with van der Waals surface area (Å²) in [7, 11) is 1.98. The largest absolute Gasteiger partial charge is 0.304 e. The molecule has 1 aromatic heterocycles. The zero-order chi connectivity index (χ0) is 16.7. The van der Waals surface area contributed by atoms with E-state index in [2.05, 4.69) is 28.0 Å². The van der Waals surface area contributed by atoms with Gasteiger partial charge in [-0.25, -0.2) is 4.39 Å². The van der Waals surface area contributed by atoms with E-state index in [9.17, 15) is 9.65 Å². The third-order valence-corrected chi connectivity index (χ3v) is 5.12. The van der Waals surface area contributed by atoms with Gasteiger partial charge in [0.2, 0.25) is 0 Å². The van der Waals surface area contributed by atoms with E-state index in [1.807, 2.05) is 18.5 Å². The lowest BCUT2D eigenvalue weighted by molar-refractivity contribution is 0.177. The van der Waals surface area contributed by atoms with Crippen LogP contribution in [0.3, 0.4) is 0 Å². The van der Waals surface area contributed by atoms with E-state index < -0.39 is 6.17 Å². The molecule has 0 spiro atoms. The Hall–Kier alpha value is -1.47. The van der Waals surface area contributed by atoms with E-state index in [0.717, 1.165) is 13.1 Å². The van der Waals surface area contributed by atoms with Crippen LogP contribution < -0.4 is 0 Å². The van der Waals surface area contributed by atoms with Crippen molar-refractivity contribution in [2.45, 2.75) is 38.0 Å². The molecule has 0 amide bonds. The van der Waals surface area contributed by atoms with Gasteiger partial charge in [-0.2, -0.15) is 10.5 Å². The minimum absolute atomic E-state index is 0.132. The number of thiophene rings is 1. The highest BCUT2D eigenvalue weighted by Crippen LogP contribution is 2.25. The number of alkyl halides is 1. The van der Waals surface area contributed by atoms with Gasteiger partial charge < -0.3 is 4.90 Å². The molecule has 0 unspecified atom stereocenters. The molecule has 0 aromatic carbocycles. The molecule has 1 aliphatic heterocycles. The third kappa shape index (κ3) is 5.58. The molecular weight excluding hydrogens is 311 g/mol. The molecule has 124 valence electrons. The fraction of sp³-hybridized carbons (Fsp3) is 0.647. The average molecular weight is 334 g/mol. The van der Waals surface area contributed by atoms with Crippen LogP contribution >= 0.6 is 11.3 Å². The summed E-state index contributed by atoms with van der Waals surface area (Å²) in [4.78, 5) is 5.58. The van der Waals surface area contributed by atoms with Crippen molar-refractivity contribution in [1.82, 2.24) is 9.80 Å². The molecule has 1 aliphatic rings. The highest BCUT2D eigenvalue weighted by Gasteiger charge is 2.33. The van der Waals surface area contributed by atoms with Crippen LogP contribution in [-0.4, -0.2) is 48.7 Å². The Morgan fingerprint density at radius 3 is 3.00 bits per heavy atom. The van der Waals surface area contributed by atoms with Crippen molar-refractivity contribution in [2.75, 3.05) is 26.7 Å².